The summed E-state index contributed by atoms with van der Waals surface area (Å²) in [6.07, 6.45) is 2.25. The van der Waals surface area contributed by atoms with Crippen molar-refractivity contribution in [3.05, 3.63) is 0 Å². The van der Waals surface area contributed by atoms with E-state index < -0.39 is 0 Å². The van der Waals surface area contributed by atoms with Crippen LogP contribution in [0.25, 0.3) is 0 Å². The second-order valence-corrected chi connectivity index (χ2v) is 1.94. The molecule has 0 aromatic heterocycles. The minimum Gasteiger partial charge on any atom is -0.394 e. The third-order valence-electron chi connectivity index (χ3n) is 1.16. The van der Waals surface area contributed by atoms with Gasteiger partial charge in [0.2, 0.25) is 5.90 Å². The molecule has 3 heteroatoms. The van der Waals surface area contributed by atoms with Crippen LogP contribution in [0.3, 0.4) is 0 Å². The lowest BCUT2D eigenvalue weighted by Gasteiger charge is -1.99. The maximum Gasteiger partial charge on any atom is 0.209 e. The normalized spacial score (nSPS) is 18.1. The van der Waals surface area contributed by atoms with Crippen LogP contribution >= 0.6 is 0 Å². The molecule has 0 heterocycles. The molecule has 0 aromatic rings. The maximum atomic E-state index is 7.12. The Bertz CT molecular complexity index is 98.6. The van der Waals surface area contributed by atoms with Crippen LogP contribution < -0.4 is 5.48 Å². The van der Waals surface area contributed by atoms with Gasteiger partial charge in [-0.1, -0.05) is 0 Å². The maximum absolute atomic E-state index is 7.12. The molecule has 1 saturated carbocycles. The van der Waals surface area contributed by atoms with Crippen LogP contribution in [0.15, 0.2) is 0 Å². The molecule has 1 aliphatic carbocycles. The van der Waals surface area contributed by atoms with E-state index in [0.717, 1.165) is 12.8 Å². The number of nitrogens with one attached hydrogen (secondary N) is 2. The van der Waals surface area contributed by atoms with E-state index in [0.29, 0.717) is 11.8 Å². The van der Waals surface area contributed by atoms with Crippen molar-refractivity contribution in [1.29, 1.82) is 5.41 Å². The highest BCUT2D eigenvalue weighted by Crippen LogP contribution is 2.29. The van der Waals surface area contributed by atoms with Crippen molar-refractivity contribution in [2.45, 2.75) is 12.8 Å². The summed E-state index contributed by atoms with van der Waals surface area (Å²) in [6.45, 7) is 0. The third kappa shape index (κ3) is 1.20. The summed E-state index contributed by atoms with van der Waals surface area (Å²) in [4.78, 5) is 4.70. The number of hydrogen-bond acceptors (Lipinski definition) is 3. The summed E-state index contributed by atoms with van der Waals surface area (Å²) >= 11 is 0. The molecule has 3 nitrogen and oxygen atoms in total. The summed E-state index contributed by atoms with van der Waals surface area (Å²) in [5.41, 5.74) is 2.46. The van der Waals surface area contributed by atoms with Gasteiger partial charge in [-0.2, -0.15) is 5.48 Å². The van der Waals surface area contributed by atoms with Crippen molar-refractivity contribution < 1.29 is 4.84 Å². The van der Waals surface area contributed by atoms with E-state index in [1.807, 2.05) is 0 Å². The average molecular weight is 114 g/mol. The first-order valence-electron chi connectivity index (χ1n) is 2.76. The topological polar surface area (TPSA) is 45.1 Å². The monoisotopic (exact) mass is 114 g/mol. The largest absolute Gasteiger partial charge is 0.394 e. The third-order valence-corrected chi connectivity index (χ3v) is 1.16. The first-order valence-corrected chi connectivity index (χ1v) is 2.76. The molecule has 0 radical (unpaired) electrons. The Morgan fingerprint density at radius 3 is 2.75 bits per heavy atom. The van der Waals surface area contributed by atoms with Gasteiger partial charge in [-0.25, -0.2) is 0 Å². The molecule has 1 aliphatic rings. The molecule has 0 bridgehead atoms. The fourth-order valence-corrected chi connectivity index (χ4v) is 0.539. The molecule has 0 spiro atoms. The standard InChI is InChI=1S/C5H10N2O/c1-7-8-5(6)4-2-3-4/h4,6-7H,2-3H2,1H3. The Balaban J connectivity index is 2.13. The zero-order valence-corrected chi connectivity index (χ0v) is 4.90. The van der Waals surface area contributed by atoms with Gasteiger partial charge in [0.1, 0.15) is 0 Å². The van der Waals surface area contributed by atoms with Gasteiger partial charge in [0.05, 0.1) is 0 Å². The highest BCUT2D eigenvalue weighted by Gasteiger charge is 2.27. The Hall–Kier alpha value is -0.570. The molecule has 46 valence electrons. The first-order chi connectivity index (χ1) is 3.84. The predicted octanol–water partition coefficient (Wildman–Crippen LogP) is 0.525. The Kier molecular flexibility index (Phi) is 1.48. The van der Waals surface area contributed by atoms with E-state index >= 15 is 0 Å². The quantitative estimate of drug-likeness (QED) is 0.312. The Morgan fingerprint density at radius 2 is 2.38 bits per heavy atom. The predicted molar refractivity (Wildman–Crippen MR) is 30.6 cm³/mol. The molecule has 8 heavy (non-hydrogen) atoms. The SMILES string of the molecule is CNOC(=N)C1CC1. The highest BCUT2D eigenvalue weighted by atomic mass is 16.6. The van der Waals surface area contributed by atoms with Gasteiger partial charge in [-0.05, 0) is 12.8 Å². The van der Waals surface area contributed by atoms with Gasteiger partial charge in [-0.3, -0.25) is 5.41 Å². The lowest BCUT2D eigenvalue weighted by molar-refractivity contribution is 0.197. The van der Waals surface area contributed by atoms with Crippen LogP contribution in [-0.2, 0) is 4.84 Å². The zero-order valence-electron chi connectivity index (χ0n) is 4.90. The van der Waals surface area contributed by atoms with Gasteiger partial charge in [-0.15, -0.1) is 0 Å². The van der Waals surface area contributed by atoms with Gasteiger partial charge in [0.25, 0.3) is 0 Å². The second kappa shape index (κ2) is 2.13. The van der Waals surface area contributed by atoms with Gasteiger partial charge in [0, 0.05) is 13.0 Å². The van der Waals surface area contributed by atoms with Crippen LogP contribution in [0.4, 0.5) is 0 Å². The Morgan fingerprint density at radius 1 is 1.75 bits per heavy atom. The van der Waals surface area contributed by atoms with Crippen molar-refractivity contribution in [1.82, 2.24) is 5.48 Å². The van der Waals surface area contributed by atoms with Crippen LogP contribution in [0.5, 0.6) is 0 Å². The van der Waals surface area contributed by atoms with Crippen LogP contribution in [-0.4, -0.2) is 12.9 Å². The van der Waals surface area contributed by atoms with Crippen LogP contribution in [0.2, 0.25) is 0 Å². The van der Waals surface area contributed by atoms with E-state index in [-0.39, 0.29) is 0 Å². The lowest BCUT2D eigenvalue weighted by Crippen LogP contribution is -2.15. The minimum absolute atomic E-state index is 0.382. The fraction of sp³-hybridized carbons (Fsp3) is 0.800. The average Bonchev–Trinajstić information content (AvgIpc) is 2.45. The fourth-order valence-electron chi connectivity index (χ4n) is 0.539. The summed E-state index contributed by atoms with van der Waals surface area (Å²) < 4.78 is 0. The number of hydroxylamine groups is 1. The minimum atomic E-state index is 0.382. The van der Waals surface area contributed by atoms with Crippen molar-refractivity contribution in [3.8, 4) is 0 Å². The highest BCUT2D eigenvalue weighted by molar-refractivity contribution is 5.77. The molecule has 0 unspecified atom stereocenters. The molecule has 0 aliphatic heterocycles. The summed E-state index contributed by atoms with van der Waals surface area (Å²) in [7, 11) is 1.66. The molecule has 1 fully saturated rings. The van der Waals surface area contributed by atoms with Crippen molar-refractivity contribution in [3.63, 3.8) is 0 Å². The van der Waals surface area contributed by atoms with E-state index in [9.17, 15) is 0 Å². The number of hydrogen-bond donors (Lipinski definition) is 2. The van der Waals surface area contributed by atoms with Gasteiger partial charge < -0.3 is 4.84 Å². The van der Waals surface area contributed by atoms with E-state index in [1.165, 1.54) is 0 Å². The second-order valence-electron chi connectivity index (χ2n) is 1.94. The van der Waals surface area contributed by atoms with Crippen LogP contribution in [0, 0.1) is 11.3 Å². The summed E-state index contributed by atoms with van der Waals surface area (Å²) in [6, 6.07) is 0. The molecule has 1 rings (SSSR count). The van der Waals surface area contributed by atoms with E-state index in [2.05, 4.69) is 5.48 Å². The molecule has 0 atom stereocenters. The molecular weight excluding hydrogens is 104 g/mol. The molecule has 0 aromatic carbocycles. The van der Waals surface area contributed by atoms with Gasteiger partial charge >= 0.3 is 0 Å². The van der Waals surface area contributed by atoms with E-state index in [1.54, 1.807) is 7.05 Å². The van der Waals surface area contributed by atoms with Crippen molar-refractivity contribution in [2.24, 2.45) is 5.92 Å². The van der Waals surface area contributed by atoms with Crippen molar-refractivity contribution in [2.75, 3.05) is 7.05 Å². The lowest BCUT2D eigenvalue weighted by atomic mass is 10.4. The zero-order chi connectivity index (χ0) is 5.98. The molecular formula is C5H10N2O. The molecule has 0 amide bonds. The summed E-state index contributed by atoms with van der Waals surface area (Å²) in [5.74, 6) is 0.801. The van der Waals surface area contributed by atoms with Gasteiger partial charge in [0.15, 0.2) is 0 Å². The summed E-state index contributed by atoms with van der Waals surface area (Å²) in [5, 5.41) is 7.12. The molecule has 2 N–H and O–H groups in total. The van der Waals surface area contributed by atoms with E-state index in [4.69, 9.17) is 10.2 Å². The van der Waals surface area contributed by atoms with Crippen LogP contribution in [0.1, 0.15) is 12.8 Å². The molecule has 0 saturated heterocycles. The number of rotatable bonds is 2. The Labute approximate surface area is 48.5 Å². The smallest absolute Gasteiger partial charge is 0.209 e. The first kappa shape index (κ1) is 5.56. The van der Waals surface area contributed by atoms with Crippen molar-refractivity contribution >= 4 is 5.90 Å².